The Bertz CT molecular complexity index is 1740. The topological polar surface area (TPSA) is 172 Å². The van der Waals surface area contributed by atoms with E-state index in [1.807, 2.05) is 0 Å². The number of hydrogen-bond donors (Lipinski definition) is 5. The molecule has 11 heteroatoms. The molecule has 0 spiro atoms. The number of nitro benzene ring substituents is 1. The van der Waals surface area contributed by atoms with Gasteiger partial charge in [0, 0.05) is 59.2 Å². The Morgan fingerprint density at radius 3 is 2.34 bits per heavy atom. The molecule has 7 rings (SSSR count). The molecule has 2 bridgehead atoms. The molecule has 0 amide bonds. The number of nitrogens with zero attached hydrogens (tertiary/aromatic N) is 1. The lowest BCUT2D eigenvalue weighted by molar-refractivity contribution is -0.385. The molecule has 3 aliphatic rings. The van der Waals surface area contributed by atoms with Crippen LogP contribution in [0.1, 0.15) is 46.3 Å². The van der Waals surface area contributed by atoms with Gasteiger partial charge in [0.15, 0.2) is 11.5 Å². The van der Waals surface area contributed by atoms with Gasteiger partial charge < -0.3 is 39.7 Å². The second kappa shape index (κ2) is 8.67. The maximum Gasteiger partial charge on any atom is 0.278 e. The van der Waals surface area contributed by atoms with Crippen LogP contribution in [0.2, 0.25) is 0 Å². The van der Waals surface area contributed by atoms with Gasteiger partial charge >= 0.3 is 0 Å². The van der Waals surface area contributed by atoms with Crippen molar-refractivity contribution in [1.82, 2.24) is 0 Å². The molecule has 41 heavy (non-hydrogen) atoms. The van der Waals surface area contributed by atoms with Crippen LogP contribution in [0.15, 0.2) is 66.7 Å². The standard InChI is InChI=1S/C30H23NO10/c32-17-5-2-15(3-6-17)30-13-20(18-10-16(31(37)38)4-8-25(18)40-30)27-26(41-30)12-22(34)19-11-24(36)28(39-29(19)27)14-1-7-21(33)23(35)9-14/h1-10,12,20,24,28,32-36H,11,13H2/t20?,24-,28+,30?/m0/s1. The maximum atomic E-state index is 11.7. The quantitative estimate of drug-likeness (QED) is 0.136. The highest BCUT2D eigenvalue weighted by Gasteiger charge is 2.52. The van der Waals surface area contributed by atoms with E-state index >= 15 is 0 Å². The molecule has 0 fully saturated rings. The number of aromatic hydroxyl groups is 4. The van der Waals surface area contributed by atoms with E-state index in [1.54, 1.807) is 12.1 Å². The molecular formula is C30H23NO10. The number of aliphatic hydroxyl groups is 1. The summed E-state index contributed by atoms with van der Waals surface area (Å²) in [7, 11) is 0. The fraction of sp³-hybridized carbons (Fsp3) is 0.200. The van der Waals surface area contributed by atoms with Crippen molar-refractivity contribution in [1.29, 1.82) is 0 Å². The molecule has 0 aliphatic carbocycles. The highest BCUT2D eigenvalue weighted by atomic mass is 16.7. The van der Waals surface area contributed by atoms with Crippen molar-refractivity contribution < 1.29 is 44.7 Å². The number of aliphatic hydroxyl groups excluding tert-OH is 1. The number of phenols is 4. The smallest absolute Gasteiger partial charge is 0.278 e. The Hall–Kier alpha value is -5.16. The SMILES string of the molecule is O=[N+]([O-])c1ccc2c(c1)C1CC(c3ccc(O)cc3)(O2)Oc2cc(O)c3c(c21)O[C@H](c1ccc(O)c(O)c1)[C@@H](O)C3. The summed E-state index contributed by atoms with van der Waals surface area (Å²) in [5.41, 5.74) is 2.25. The monoisotopic (exact) mass is 557 g/mol. The van der Waals surface area contributed by atoms with E-state index in [1.165, 1.54) is 54.6 Å². The van der Waals surface area contributed by atoms with Crippen LogP contribution >= 0.6 is 0 Å². The fourth-order valence-electron chi connectivity index (χ4n) is 6.02. The van der Waals surface area contributed by atoms with E-state index in [2.05, 4.69) is 0 Å². The van der Waals surface area contributed by atoms with Crippen LogP contribution < -0.4 is 14.2 Å². The van der Waals surface area contributed by atoms with E-state index in [0.29, 0.717) is 33.6 Å². The van der Waals surface area contributed by atoms with E-state index in [-0.39, 0.29) is 53.0 Å². The summed E-state index contributed by atoms with van der Waals surface area (Å²) in [5, 5.41) is 63.4. The maximum absolute atomic E-state index is 11.7. The first-order valence-corrected chi connectivity index (χ1v) is 12.8. The predicted molar refractivity (Wildman–Crippen MR) is 142 cm³/mol. The molecule has 11 nitrogen and oxygen atoms in total. The molecule has 0 saturated heterocycles. The molecule has 2 unspecified atom stereocenters. The molecule has 4 atom stereocenters. The van der Waals surface area contributed by atoms with Crippen LogP contribution in [-0.4, -0.2) is 36.6 Å². The molecule has 3 aliphatic heterocycles. The Labute approximate surface area is 232 Å². The van der Waals surface area contributed by atoms with Crippen molar-refractivity contribution in [2.45, 2.75) is 36.8 Å². The van der Waals surface area contributed by atoms with Gasteiger partial charge in [0.1, 0.15) is 34.9 Å². The van der Waals surface area contributed by atoms with E-state index in [0.717, 1.165) is 0 Å². The average molecular weight is 558 g/mol. The lowest BCUT2D eigenvalue weighted by Crippen LogP contribution is -2.47. The van der Waals surface area contributed by atoms with Gasteiger partial charge in [-0.1, -0.05) is 6.07 Å². The molecule has 0 aromatic heterocycles. The summed E-state index contributed by atoms with van der Waals surface area (Å²) in [6, 6.07) is 16.1. The predicted octanol–water partition coefficient (Wildman–Crippen LogP) is 4.61. The molecule has 208 valence electrons. The average Bonchev–Trinajstić information content (AvgIpc) is 2.94. The number of rotatable bonds is 3. The summed E-state index contributed by atoms with van der Waals surface area (Å²) in [4.78, 5) is 11.2. The Balaban J connectivity index is 1.43. The lowest BCUT2D eigenvalue weighted by Gasteiger charge is -2.47. The highest BCUT2D eigenvalue weighted by Crippen LogP contribution is 2.60. The second-order valence-corrected chi connectivity index (χ2v) is 10.4. The van der Waals surface area contributed by atoms with Gasteiger partial charge in [-0.3, -0.25) is 10.1 Å². The van der Waals surface area contributed by atoms with Crippen molar-refractivity contribution in [3.8, 4) is 40.2 Å². The van der Waals surface area contributed by atoms with Gasteiger partial charge in [0.25, 0.3) is 11.5 Å². The minimum absolute atomic E-state index is 0.00880. The molecule has 5 N–H and O–H groups in total. The van der Waals surface area contributed by atoms with Gasteiger partial charge in [-0.05, 0) is 48.0 Å². The number of nitro groups is 1. The molecular weight excluding hydrogens is 534 g/mol. The third kappa shape index (κ3) is 3.77. The van der Waals surface area contributed by atoms with Crippen molar-refractivity contribution in [2.75, 3.05) is 0 Å². The van der Waals surface area contributed by atoms with Gasteiger partial charge in [-0.25, -0.2) is 0 Å². The minimum atomic E-state index is -1.38. The summed E-state index contributed by atoms with van der Waals surface area (Å²) < 4.78 is 19.2. The van der Waals surface area contributed by atoms with Gasteiger partial charge in [-0.15, -0.1) is 0 Å². The van der Waals surface area contributed by atoms with Crippen LogP contribution in [0.3, 0.4) is 0 Å². The molecule has 3 heterocycles. The van der Waals surface area contributed by atoms with Crippen molar-refractivity contribution in [3.05, 3.63) is 105 Å². The summed E-state index contributed by atoms with van der Waals surface area (Å²) in [6.07, 6.45) is -1.87. The number of non-ortho nitro benzene ring substituents is 1. The number of fused-ring (bicyclic) bond motifs is 8. The van der Waals surface area contributed by atoms with Crippen molar-refractivity contribution in [3.63, 3.8) is 0 Å². The Kier molecular flexibility index (Phi) is 5.25. The fourth-order valence-corrected chi connectivity index (χ4v) is 6.02. The number of ether oxygens (including phenoxy) is 3. The van der Waals surface area contributed by atoms with Crippen LogP contribution in [0, 0.1) is 10.1 Å². The zero-order valence-corrected chi connectivity index (χ0v) is 21.2. The molecule has 4 aromatic carbocycles. The summed E-state index contributed by atoms with van der Waals surface area (Å²) in [5.74, 6) is -1.91. The van der Waals surface area contributed by atoms with Crippen LogP contribution in [-0.2, 0) is 12.2 Å². The zero-order chi connectivity index (χ0) is 28.6. The first-order chi connectivity index (χ1) is 19.6. The number of hydrogen-bond acceptors (Lipinski definition) is 10. The first-order valence-electron chi connectivity index (χ1n) is 12.8. The summed E-state index contributed by atoms with van der Waals surface area (Å²) >= 11 is 0. The number of benzene rings is 4. The molecule has 0 radical (unpaired) electrons. The normalized spacial score (nSPS) is 23.6. The van der Waals surface area contributed by atoms with E-state index in [4.69, 9.17) is 14.2 Å². The van der Waals surface area contributed by atoms with Gasteiger partial charge in [0.2, 0.25) is 0 Å². The Morgan fingerprint density at radius 2 is 1.61 bits per heavy atom. The van der Waals surface area contributed by atoms with Crippen molar-refractivity contribution >= 4 is 5.69 Å². The van der Waals surface area contributed by atoms with Crippen LogP contribution in [0.4, 0.5) is 5.69 Å². The minimum Gasteiger partial charge on any atom is -0.508 e. The van der Waals surface area contributed by atoms with Crippen molar-refractivity contribution in [2.24, 2.45) is 0 Å². The van der Waals surface area contributed by atoms with E-state index < -0.39 is 28.8 Å². The third-order valence-electron chi connectivity index (χ3n) is 7.95. The lowest BCUT2D eigenvalue weighted by atomic mass is 9.76. The Morgan fingerprint density at radius 1 is 0.854 bits per heavy atom. The van der Waals surface area contributed by atoms with E-state index in [9.17, 15) is 35.6 Å². The third-order valence-corrected chi connectivity index (χ3v) is 7.95. The first kappa shape index (κ1) is 24.9. The summed E-state index contributed by atoms with van der Waals surface area (Å²) in [6.45, 7) is 0. The largest absolute Gasteiger partial charge is 0.508 e. The second-order valence-electron chi connectivity index (χ2n) is 10.4. The molecule has 4 aromatic rings. The van der Waals surface area contributed by atoms with Gasteiger partial charge in [0.05, 0.1) is 11.0 Å². The number of phenolic OH excluding ortho intramolecular Hbond substituents is 4. The zero-order valence-electron chi connectivity index (χ0n) is 21.2. The highest BCUT2D eigenvalue weighted by molar-refractivity contribution is 5.65. The van der Waals surface area contributed by atoms with Crippen LogP contribution in [0.25, 0.3) is 0 Å². The van der Waals surface area contributed by atoms with Crippen LogP contribution in [0.5, 0.6) is 40.2 Å². The molecule has 0 saturated carbocycles. The van der Waals surface area contributed by atoms with Gasteiger partial charge in [-0.2, -0.15) is 0 Å².